The van der Waals surface area contributed by atoms with Gasteiger partial charge in [0.1, 0.15) is 5.75 Å². The third-order valence-electron chi connectivity index (χ3n) is 4.07. The van der Waals surface area contributed by atoms with Gasteiger partial charge in [-0.1, -0.05) is 34.1 Å². The van der Waals surface area contributed by atoms with Gasteiger partial charge in [-0.25, -0.2) is 0 Å². The first-order valence-electron chi connectivity index (χ1n) is 7.37. The summed E-state index contributed by atoms with van der Waals surface area (Å²) in [5, 5.41) is 3.59. The van der Waals surface area contributed by atoms with E-state index in [0.717, 1.165) is 25.3 Å². The molecule has 1 unspecified atom stereocenters. The Morgan fingerprint density at radius 1 is 1.19 bits per heavy atom. The van der Waals surface area contributed by atoms with Crippen LogP contribution in [0.4, 0.5) is 5.69 Å². The van der Waals surface area contributed by atoms with Crippen molar-refractivity contribution in [2.45, 2.75) is 26.2 Å². The Morgan fingerprint density at radius 2 is 1.90 bits per heavy atom. The SMILES string of the molecule is Cc1cc(NCC2CCOc3ccccc32)cc(C)c1Br. The van der Waals surface area contributed by atoms with Crippen LogP contribution in [0, 0.1) is 13.8 Å². The lowest BCUT2D eigenvalue weighted by atomic mass is 9.93. The Bertz CT molecular complexity index is 630. The second-order valence-electron chi connectivity index (χ2n) is 5.68. The summed E-state index contributed by atoms with van der Waals surface area (Å²) in [5.41, 5.74) is 5.05. The van der Waals surface area contributed by atoms with Crippen LogP contribution < -0.4 is 10.1 Å². The molecule has 21 heavy (non-hydrogen) atoms. The number of benzene rings is 2. The zero-order valence-electron chi connectivity index (χ0n) is 12.4. The first-order chi connectivity index (χ1) is 10.1. The van der Waals surface area contributed by atoms with Gasteiger partial charge in [-0.2, -0.15) is 0 Å². The Kier molecular flexibility index (Phi) is 4.20. The lowest BCUT2D eigenvalue weighted by Crippen LogP contribution is -2.20. The Morgan fingerprint density at radius 3 is 2.67 bits per heavy atom. The molecule has 1 aliphatic rings. The van der Waals surface area contributed by atoms with E-state index in [4.69, 9.17) is 4.74 Å². The van der Waals surface area contributed by atoms with E-state index in [-0.39, 0.29) is 0 Å². The van der Waals surface area contributed by atoms with E-state index in [9.17, 15) is 0 Å². The molecule has 0 amide bonds. The van der Waals surface area contributed by atoms with Gasteiger partial charge < -0.3 is 10.1 Å². The molecule has 1 aliphatic heterocycles. The molecule has 1 heterocycles. The van der Waals surface area contributed by atoms with Crippen molar-refractivity contribution in [3.05, 3.63) is 57.6 Å². The van der Waals surface area contributed by atoms with Gasteiger partial charge in [0.15, 0.2) is 0 Å². The van der Waals surface area contributed by atoms with Crippen molar-refractivity contribution in [2.24, 2.45) is 0 Å². The third-order valence-corrected chi connectivity index (χ3v) is 5.32. The summed E-state index contributed by atoms with van der Waals surface area (Å²) in [5.74, 6) is 1.55. The van der Waals surface area contributed by atoms with Crippen LogP contribution in [0.1, 0.15) is 29.0 Å². The molecule has 1 atom stereocenters. The Labute approximate surface area is 134 Å². The molecule has 2 aromatic rings. The van der Waals surface area contributed by atoms with E-state index in [2.05, 4.69) is 65.4 Å². The van der Waals surface area contributed by atoms with Crippen LogP contribution in [-0.4, -0.2) is 13.2 Å². The molecule has 0 radical (unpaired) electrons. The van der Waals surface area contributed by atoms with Crippen molar-refractivity contribution < 1.29 is 4.74 Å². The van der Waals surface area contributed by atoms with E-state index >= 15 is 0 Å². The minimum Gasteiger partial charge on any atom is -0.493 e. The van der Waals surface area contributed by atoms with Crippen molar-refractivity contribution in [3.8, 4) is 5.75 Å². The highest BCUT2D eigenvalue weighted by molar-refractivity contribution is 9.10. The molecule has 0 aromatic heterocycles. The van der Waals surface area contributed by atoms with Crippen LogP contribution in [0.2, 0.25) is 0 Å². The quantitative estimate of drug-likeness (QED) is 0.840. The normalized spacial score (nSPS) is 17.0. The standard InChI is InChI=1S/C18H20BrNO/c1-12-9-15(10-13(2)18(12)19)20-11-14-7-8-21-17-6-4-3-5-16(14)17/h3-6,9-10,14,20H,7-8,11H2,1-2H3. The molecule has 1 N–H and O–H groups in total. The molecule has 0 spiro atoms. The molecular weight excluding hydrogens is 326 g/mol. The molecule has 0 fully saturated rings. The van der Waals surface area contributed by atoms with Crippen LogP contribution in [0.3, 0.4) is 0 Å². The van der Waals surface area contributed by atoms with E-state index in [1.807, 2.05) is 6.07 Å². The fraction of sp³-hybridized carbons (Fsp3) is 0.333. The van der Waals surface area contributed by atoms with Crippen LogP contribution >= 0.6 is 15.9 Å². The summed E-state index contributed by atoms with van der Waals surface area (Å²) in [6.45, 7) is 6.01. The Hall–Kier alpha value is -1.48. The van der Waals surface area contributed by atoms with Gasteiger partial charge in [-0.15, -0.1) is 0 Å². The lowest BCUT2D eigenvalue weighted by molar-refractivity contribution is 0.270. The second kappa shape index (κ2) is 6.10. The maximum absolute atomic E-state index is 5.73. The number of ether oxygens (including phenoxy) is 1. The number of hydrogen-bond acceptors (Lipinski definition) is 2. The number of para-hydroxylation sites is 1. The van der Waals surface area contributed by atoms with Crippen LogP contribution in [-0.2, 0) is 0 Å². The molecule has 0 saturated heterocycles. The van der Waals surface area contributed by atoms with Crippen LogP contribution in [0.15, 0.2) is 40.9 Å². The van der Waals surface area contributed by atoms with Gasteiger partial charge in [0.25, 0.3) is 0 Å². The fourth-order valence-corrected chi connectivity index (χ4v) is 3.15. The van der Waals surface area contributed by atoms with Gasteiger partial charge in [0.2, 0.25) is 0 Å². The summed E-state index contributed by atoms with van der Waals surface area (Å²) in [7, 11) is 0. The lowest BCUT2D eigenvalue weighted by Gasteiger charge is -2.26. The van der Waals surface area contributed by atoms with Crippen molar-refractivity contribution in [1.82, 2.24) is 0 Å². The smallest absolute Gasteiger partial charge is 0.122 e. The monoisotopic (exact) mass is 345 g/mol. The molecule has 110 valence electrons. The first kappa shape index (κ1) is 14.5. The summed E-state index contributed by atoms with van der Waals surface area (Å²) in [6, 6.07) is 12.8. The number of rotatable bonds is 3. The molecule has 3 heteroatoms. The number of halogens is 1. The third kappa shape index (κ3) is 3.08. The van der Waals surface area contributed by atoms with Gasteiger partial charge in [0, 0.05) is 22.6 Å². The fourth-order valence-electron chi connectivity index (χ4n) is 2.92. The van der Waals surface area contributed by atoms with E-state index < -0.39 is 0 Å². The predicted molar refractivity (Wildman–Crippen MR) is 91.4 cm³/mol. The number of anilines is 1. The van der Waals surface area contributed by atoms with Crippen LogP contribution in [0.25, 0.3) is 0 Å². The van der Waals surface area contributed by atoms with Gasteiger partial charge in [-0.3, -0.25) is 0 Å². The van der Waals surface area contributed by atoms with Gasteiger partial charge in [0.05, 0.1) is 6.61 Å². The van der Waals surface area contributed by atoms with Crippen molar-refractivity contribution >= 4 is 21.6 Å². The average Bonchev–Trinajstić information content (AvgIpc) is 2.50. The highest BCUT2D eigenvalue weighted by Crippen LogP contribution is 2.33. The number of aryl methyl sites for hydroxylation is 2. The Balaban J connectivity index is 1.74. The van der Waals surface area contributed by atoms with E-state index in [0.29, 0.717) is 5.92 Å². The molecule has 2 aromatic carbocycles. The minimum absolute atomic E-state index is 0.513. The highest BCUT2D eigenvalue weighted by atomic mass is 79.9. The highest BCUT2D eigenvalue weighted by Gasteiger charge is 2.20. The molecule has 2 nitrogen and oxygen atoms in total. The van der Waals surface area contributed by atoms with Gasteiger partial charge >= 0.3 is 0 Å². The maximum Gasteiger partial charge on any atom is 0.122 e. The molecule has 0 bridgehead atoms. The maximum atomic E-state index is 5.73. The number of nitrogens with one attached hydrogen (secondary N) is 1. The first-order valence-corrected chi connectivity index (χ1v) is 8.17. The zero-order valence-corrected chi connectivity index (χ0v) is 14.0. The molecule has 3 rings (SSSR count). The van der Waals surface area contributed by atoms with E-state index in [1.54, 1.807) is 0 Å². The summed E-state index contributed by atoms with van der Waals surface area (Å²) in [4.78, 5) is 0. The molecule has 0 aliphatic carbocycles. The van der Waals surface area contributed by atoms with Crippen LogP contribution in [0.5, 0.6) is 5.75 Å². The van der Waals surface area contributed by atoms with Crippen molar-refractivity contribution in [1.29, 1.82) is 0 Å². The second-order valence-corrected chi connectivity index (χ2v) is 6.47. The summed E-state index contributed by atoms with van der Waals surface area (Å²) in [6.07, 6.45) is 1.07. The largest absolute Gasteiger partial charge is 0.493 e. The molecular formula is C18H20BrNO. The number of fused-ring (bicyclic) bond motifs is 1. The van der Waals surface area contributed by atoms with Gasteiger partial charge in [-0.05, 0) is 55.2 Å². The number of hydrogen-bond donors (Lipinski definition) is 1. The average molecular weight is 346 g/mol. The summed E-state index contributed by atoms with van der Waals surface area (Å²) >= 11 is 3.62. The topological polar surface area (TPSA) is 21.3 Å². The molecule has 0 saturated carbocycles. The predicted octanol–water partition coefficient (Wildman–Crippen LogP) is 5.04. The minimum atomic E-state index is 0.513. The summed E-state index contributed by atoms with van der Waals surface area (Å²) < 4.78 is 6.92. The van der Waals surface area contributed by atoms with E-state index in [1.165, 1.54) is 26.9 Å². The zero-order chi connectivity index (χ0) is 14.8. The van der Waals surface area contributed by atoms with Crippen molar-refractivity contribution in [3.63, 3.8) is 0 Å². The van der Waals surface area contributed by atoms with Crippen molar-refractivity contribution in [2.75, 3.05) is 18.5 Å².